The van der Waals surface area contributed by atoms with E-state index < -0.39 is 17.9 Å². The average molecular weight is 457 g/mol. The number of nitrogens with zero attached hydrogens (tertiary/aromatic N) is 2. The number of rotatable bonds is 4. The number of amides is 3. The van der Waals surface area contributed by atoms with E-state index in [1.54, 1.807) is 0 Å². The van der Waals surface area contributed by atoms with Gasteiger partial charge in [-0.1, -0.05) is 62.4 Å². The van der Waals surface area contributed by atoms with E-state index >= 15 is 0 Å². The monoisotopic (exact) mass is 456 g/mol. The van der Waals surface area contributed by atoms with Crippen molar-refractivity contribution in [2.75, 3.05) is 13.1 Å². The first-order valence-electron chi connectivity index (χ1n) is 12.8. The molecule has 2 aromatic rings. The first kappa shape index (κ1) is 21.6. The summed E-state index contributed by atoms with van der Waals surface area (Å²) < 4.78 is 0. The second kappa shape index (κ2) is 8.07. The predicted octanol–water partition coefficient (Wildman–Crippen LogP) is 4.31. The highest BCUT2D eigenvalue weighted by atomic mass is 16.2. The molecule has 0 N–H and O–H groups in total. The summed E-state index contributed by atoms with van der Waals surface area (Å²) in [5.74, 6) is -1.25. The summed E-state index contributed by atoms with van der Waals surface area (Å²) in [4.78, 5) is 45.2. The third-order valence-corrected chi connectivity index (χ3v) is 8.44. The SMILES string of the molecule is CC(C)C[C@@H](C(=O)N1CCCCC1)N1C(=O)[C@@H]2C3c4ccccc4C(c4ccccc43)[C@@H]2C1=O. The van der Waals surface area contributed by atoms with Crippen LogP contribution in [0.15, 0.2) is 48.5 Å². The third kappa shape index (κ3) is 3.02. The fourth-order valence-electron chi connectivity index (χ4n) is 7.10. The molecule has 34 heavy (non-hydrogen) atoms. The largest absolute Gasteiger partial charge is 0.341 e. The lowest BCUT2D eigenvalue weighted by Gasteiger charge is -2.45. The lowest BCUT2D eigenvalue weighted by atomic mass is 9.55. The molecule has 2 bridgehead atoms. The Labute approximate surface area is 201 Å². The van der Waals surface area contributed by atoms with Crippen LogP contribution >= 0.6 is 0 Å². The minimum atomic E-state index is -0.700. The molecule has 3 amide bonds. The van der Waals surface area contributed by atoms with Gasteiger partial charge in [-0.15, -0.1) is 0 Å². The maximum absolute atomic E-state index is 14.1. The molecule has 2 aromatic carbocycles. The Morgan fingerprint density at radius 3 is 1.65 bits per heavy atom. The van der Waals surface area contributed by atoms with Crippen LogP contribution in [0.2, 0.25) is 0 Å². The number of benzene rings is 2. The molecule has 7 rings (SSSR count). The summed E-state index contributed by atoms with van der Waals surface area (Å²) in [6.45, 7) is 5.56. The number of carbonyl (C=O) groups excluding carboxylic acids is 3. The van der Waals surface area contributed by atoms with Gasteiger partial charge in [-0.3, -0.25) is 19.3 Å². The van der Waals surface area contributed by atoms with Gasteiger partial charge < -0.3 is 4.90 Å². The molecule has 0 spiro atoms. The summed E-state index contributed by atoms with van der Waals surface area (Å²) in [6, 6.07) is 15.9. The summed E-state index contributed by atoms with van der Waals surface area (Å²) in [7, 11) is 0. The Bertz CT molecular complexity index is 1050. The minimum absolute atomic E-state index is 0.0453. The molecule has 3 aliphatic carbocycles. The van der Waals surface area contributed by atoms with Gasteiger partial charge in [-0.2, -0.15) is 0 Å². The van der Waals surface area contributed by atoms with E-state index in [2.05, 4.69) is 38.1 Å². The Balaban J connectivity index is 1.44. The molecule has 2 aliphatic heterocycles. The summed E-state index contributed by atoms with van der Waals surface area (Å²) in [5, 5.41) is 0. The van der Waals surface area contributed by atoms with Gasteiger partial charge >= 0.3 is 0 Å². The Hall–Kier alpha value is -2.95. The van der Waals surface area contributed by atoms with Crippen molar-refractivity contribution in [3.8, 4) is 0 Å². The van der Waals surface area contributed by atoms with Gasteiger partial charge in [0.2, 0.25) is 17.7 Å². The summed E-state index contributed by atoms with van der Waals surface area (Å²) >= 11 is 0. The van der Waals surface area contributed by atoms with Crippen molar-refractivity contribution in [2.45, 2.75) is 57.4 Å². The van der Waals surface area contributed by atoms with Gasteiger partial charge in [0.1, 0.15) is 6.04 Å². The molecule has 5 aliphatic rings. The van der Waals surface area contributed by atoms with Gasteiger partial charge in [0, 0.05) is 24.9 Å². The van der Waals surface area contributed by atoms with Crippen molar-refractivity contribution in [3.05, 3.63) is 70.8 Å². The predicted molar refractivity (Wildman–Crippen MR) is 129 cm³/mol. The van der Waals surface area contributed by atoms with E-state index in [4.69, 9.17) is 0 Å². The third-order valence-electron chi connectivity index (χ3n) is 8.44. The first-order chi connectivity index (χ1) is 16.5. The van der Waals surface area contributed by atoms with Crippen LogP contribution in [0.1, 0.15) is 73.6 Å². The molecule has 5 nitrogen and oxygen atoms in total. The minimum Gasteiger partial charge on any atom is -0.341 e. The molecular formula is C29H32N2O3. The van der Waals surface area contributed by atoms with Crippen LogP contribution in [0.25, 0.3) is 0 Å². The molecular weight excluding hydrogens is 424 g/mol. The van der Waals surface area contributed by atoms with Crippen molar-refractivity contribution in [2.24, 2.45) is 17.8 Å². The van der Waals surface area contributed by atoms with Crippen LogP contribution in [0, 0.1) is 17.8 Å². The molecule has 176 valence electrons. The van der Waals surface area contributed by atoms with Gasteiger partial charge in [-0.25, -0.2) is 0 Å². The maximum Gasteiger partial charge on any atom is 0.245 e. The van der Waals surface area contributed by atoms with Crippen LogP contribution in [0.4, 0.5) is 0 Å². The highest BCUT2D eigenvalue weighted by molar-refractivity contribution is 6.10. The van der Waals surface area contributed by atoms with E-state index in [1.807, 2.05) is 29.2 Å². The summed E-state index contributed by atoms with van der Waals surface area (Å²) in [5.41, 5.74) is 4.66. The Morgan fingerprint density at radius 1 is 0.794 bits per heavy atom. The highest BCUT2D eigenvalue weighted by Crippen LogP contribution is 2.61. The van der Waals surface area contributed by atoms with E-state index in [9.17, 15) is 14.4 Å². The number of likely N-dealkylation sites (tertiary alicyclic amines) is 2. The van der Waals surface area contributed by atoms with E-state index in [-0.39, 0.29) is 35.5 Å². The normalized spacial score (nSPS) is 28.1. The molecule has 2 heterocycles. The van der Waals surface area contributed by atoms with Crippen LogP contribution in [-0.2, 0) is 14.4 Å². The van der Waals surface area contributed by atoms with Crippen molar-refractivity contribution in [1.29, 1.82) is 0 Å². The van der Waals surface area contributed by atoms with Crippen molar-refractivity contribution in [1.82, 2.24) is 9.80 Å². The topological polar surface area (TPSA) is 57.7 Å². The molecule has 0 aromatic heterocycles. The zero-order chi connectivity index (χ0) is 23.6. The smallest absolute Gasteiger partial charge is 0.245 e. The van der Waals surface area contributed by atoms with E-state index in [0.717, 1.165) is 32.4 Å². The van der Waals surface area contributed by atoms with E-state index in [0.29, 0.717) is 6.42 Å². The second-order valence-corrected chi connectivity index (χ2v) is 10.8. The van der Waals surface area contributed by atoms with Crippen LogP contribution in [0.3, 0.4) is 0 Å². The molecule has 0 radical (unpaired) electrons. The molecule has 0 saturated carbocycles. The maximum atomic E-state index is 14.1. The van der Waals surface area contributed by atoms with Gasteiger partial charge in [0.15, 0.2) is 0 Å². The zero-order valence-electron chi connectivity index (χ0n) is 19.9. The summed E-state index contributed by atoms with van der Waals surface area (Å²) in [6.07, 6.45) is 3.62. The van der Waals surface area contributed by atoms with Crippen LogP contribution in [-0.4, -0.2) is 46.7 Å². The Morgan fingerprint density at radius 2 is 1.24 bits per heavy atom. The lowest BCUT2D eigenvalue weighted by Crippen LogP contribution is -2.53. The fraction of sp³-hybridized carbons (Fsp3) is 0.483. The average Bonchev–Trinajstić information content (AvgIpc) is 3.13. The number of carbonyl (C=O) groups is 3. The van der Waals surface area contributed by atoms with Gasteiger partial charge in [0.25, 0.3) is 0 Å². The van der Waals surface area contributed by atoms with Gasteiger partial charge in [0.05, 0.1) is 11.8 Å². The molecule has 3 atom stereocenters. The number of hydrogen-bond donors (Lipinski definition) is 0. The lowest BCUT2D eigenvalue weighted by molar-refractivity contribution is -0.152. The first-order valence-corrected chi connectivity index (χ1v) is 12.8. The van der Waals surface area contributed by atoms with Crippen molar-refractivity contribution in [3.63, 3.8) is 0 Å². The zero-order valence-corrected chi connectivity index (χ0v) is 19.9. The number of hydrogen-bond acceptors (Lipinski definition) is 3. The molecule has 0 unspecified atom stereocenters. The van der Waals surface area contributed by atoms with Crippen molar-refractivity contribution < 1.29 is 14.4 Å². The standard InChI is InChI=1S/C29H32N2O3/c1-17(2)16-22(27(32)30-14-8-3-9-15-30)31-28(33)25-23-18-10-4-5-11-19(18)24(26(25)29(31)34)21-13-7-6-12-20(21)23/h4-7,10-13,17,22-26H,3,8-9,14-16H2,1-2H3/t22-,23?,24?,25-,26+/m0/s1. The fourth-order valence-corrected chi connectivity index (χ4v) is 7.10. The molecule has 2 saturated heterocycles. The Kier molecular flexibility index (Phi) is 5.12. The highest BCUT2D eigenvalue weighted by Gasteiger charge is 2.63. The van der Waals surface area contributed by atoms with Gasteiger partial charge in [-0.05, 0) is 53.9 Å². The van der Waals surface area contributed by atoms with Crippen molar-refractivity contribution >= 4 is 17.7 Å². The van der Waals surface area contributed by atoms with E-state index in [1.165, 1.54) is 27.2 Å². The molecule has 5 heteroatoms. The number of imide groups is 1. The van der Waals surface area contributed by atoms with Crippen LogP contribution < -0.4 is 0 Å². The second-order valence-electron chi connectivity index (χ2n) is 10.8. The van der Waals surface area contributed by atoms with Crippen LogP contribution in [0.5, 0.6) is 0 Å². The molecule has 2 fully saturated rings. The quantitative estimate of drug-likeness (QED) is 0.645. The number of piperidine rings is 1.